The first kappa shape index (κ1) is 19.1. The molecule has 1 fully saturated rings. The van der Waals surface area contributed by atoms with Crippen LogP contribution in [0.1, 0.15) is 50.5 Å². The molecule has 3 rings (SSSR count). The Morgan fingerprint density at radius 3 is 2.48 bits per heavy atom. The number of amides is 1. The second-order valence-corrected chi connectivity index (χ2v) is 7.41. The predicted octanol–water partition coefficient (Wildman–Crippen LogP) is 4.18. The molecule has 144 valence electrons. The minimum Gasteiger partial charge on any atom is -0.372 e. The maximum absolute atomic E-state index is 12.4. The minimum atomic E-state index is -0.253. The van der Waals surface area contributed by atoms with E-state index in [9.17, 15) is 4.79 Å². The van der Waals surface area contributed by atoms with Crippen LogP contribution in [0.5, 0.6) is 0 Å². The molecule has 0 radical (unpaired) electrons. The van der Waals surface area contributed by atoms with Crippen molar-refractivity contribution in [3.05, 3.63) is 42.4 Å². The van der Waals surface area contributed by atoms with Crippen LogP contribution >= 0.6 is 0 Å². The fraction of sp³-hybridized carbons (Fsp3) is 0.476. The number of hydrogen-bond donors (Lipinski definition) is 2. The van der Waals surface area contributed by atoms with Crippen molar-refractivity contribution in [1.29, 1.82) is 0 Å². The first-order valence-corrected chi connectivity index (χ1v) is 9.80. The largest absolute Gasteiger partial charge is 0.372 e. The molecule has 1 saturated heterocycles. The molecule has 0 aliphatic carbocycles. The lowest BCUT2D eigenvalue weighted by molar-refractivity contribution is 0.102. The van der Waals surface area contributed by atoms with Gasteiger partial charge in [0, 0.05) is 30.5 Å². The summed E-state index contributed by atoms with van der Waals surface area (Å²) >= 11 is 0. The van der Waals surface area contributed by atoms with E-state index in [0.29, 0.717) is 17.6 Å². The van der Waals surface area contributed by atoms with Crippen molar-refractivity contribution in [3.8, 4) is 0 Å². The zero-order valence-electron chi connectivity index (χ0n) is 16.4. The van der Waals surface area contributed by atoms with Gasteiger partial charge in [0.2, 0.25) is 0 Å². The lowest BCUT2D eigenvalue weighted by Crippen LogP contribution is -2.32. The van der Waals surface area contributed by atoms with Crippen LogP contribution in [0.2, 0.25) is 0 Å². The van der Waals surface area contributed by atoms with Gasteiger partial charge in [-0.15, -0.1) is 0 Å². The molecule has 2 heterocycles. The molecule has 1 aliphatic heterocycles. The van der Waals surface area contributed by atoms with E-state index in [1.54, 1.807) is 6.20 Å². The maximum atomic E-state index is 12.4. The minimum absolute atomic E-state index is 0.253. The van der Waals surface area contributed by atoms with Crippen LogP contribution in [0.4, 0.5) is 17.2 Å². The van der Waals surface area contributed by atoms with Crippen molar-refractivity contribution >= 4 is 23.1 Å². The van der Waals surface area contributed by atoms with Crippen molar-refractivity contribution in [2.24, 2.45) is 5.92 Å². The van der Waals surface area contributed by atoms with Gasteiger partial charge < -0.3 is 15.5 Å². The molecule has 0 saturated carbocycles. The molecule has 27 heavy (non-hydrogen) atoms. The Morgan fingerprint density at radius 1 is 1.19 bits per heavy atom. The van der Waals surface area contributed by atoms with Gasteiger partial charge >= 0.3 is 0 Å². The molecule has 1 atom stereocenters. The molecule has 6 heteroatoms. The number of rotatable bonds is 6. The van der Waals surface area contributed by atoms with Gasteiger partial charge in [0.15, 0.2) is 0 Å². The van der Waals surface area contributed by atoms with Gasteiger partial charge in [0.1, 0.15) is 11.5 Å². The Morgan fingerprint density at radius 2 is 1.89 bits per heavy atom. The Bertz CT molecular complexity index is 736. The third-order valence-corrected chi connectivity index (χ3v) is 5.17. The highest BCUT2D eigenvalue weighted by Crippen LogP contribution is 2.24. The predicted molar refractivity (Wildman–Crippen MR) is 110 cm³/mol. The fourth-order valence-electron chi connectivity index (χ4n) is 3.09. The summed E-state index contributed by atoms with van der Waals surface area (Å²) in [6.07, 6.45) is 6.57. The molecule has 0 bridgehead atoms. The second-order valence-electron chi connectivity index (χ2n) is 7.41. The zero-order valence-corrected chi connectivity index (χ0v) is 16.4. The molecule has 1 unspecified atom stereocenters. The fourth-order valence-corrected chi connectivity index (χ4v) is 3.09. The molecular formula is C21H29N5O. The van der Waals surface area contributed by atoms with Crippen molar-refractivity contribution in [3.63, 3.8) is 0 Å². The van der Waals surface area contributed by atoms with Gasteiger partial charge in [-0.3, -0.25) is 4.79 Å². The van der Waals surface area contributed by atoms with Crippen LogP contribution in [-0.4, -0.2) is 35.0 Å². The van der Waals surface area contributed by atoms with Gasteiger partial charge in [0.05, 0.1) is 12.4 Å². The van der Waals surface area contributed by atoms with E-state index < -0.39 is 0 Å². The SMILES string of the molecule is CCC(C)Nc1cnc(C(=O)Nc2ccc(N3CCC(C)CC3)cc2)cn1. The van der Waals surface area contributed by atoms with Crippen LogP contribution in [0, 0.1) is 5.92 Å². The number of nitrogens with one attached hydrogen (secondary N) is 2. The van der Waals surface area contributed by atoms with Gasteiger partial charge in [-0.05, 0) is 56.4 Å². The normalized spacial score (nSPS) is 16.0. The number of aromatic nitrogens is 2. The monoisotopic (exact) mass is 367 g/mol. The van der Waals surface area contributed by atoms with Crippen LogP contribution < -0.4 is 15.5 Å². The van der Waals surface area contributed by atoms with Gasteiger partial charge in [0.25, 0.3) is 5.91 Å². The molecule has 2 aromatic rings. The quantitative estimate of drug-likeness (QED) is 0.802. The number of nitrogens with zero attached hydrogens (tertiary/aromatic N) is 3. The third-order valence-electron chi connectivity index (χ3n) is 5.17. The van der Waals surface area contributed by atoms with E-state index in [1.807, 2.05) is 12.1 Å². The van der Waals surface area contributed by atoms with Crippen molar-refractivity contribution in [2.45, 2.75) is 46.1 Å². The van der Waals surface area contributed by atoms with E-state index in [0.717, 1.165) is 31.1 Å². The summed E-state index contributed by atoms with van der Waals surface area (Å²) in [5.74, 6) is 1.24. The van der Waals surface area contributed by atoms with E-state index in [2.05, 4.69) is 58.4 Å². The lowest BCUT2D eigenvalue weighted by Gasteiger charge is -2.32. The van der Waals surface area contributed by atoms with E-state index >= 15 is 0 Å². The van der Waals surface area contributed by atoms with Crippen LogP contribution in [0.3, 0.4) is 0 Å². The maximum Gasteiger partial charge on any atom is 0.275 e. The summed E-state index contributed by atoms with van der Waals surface area (Å²) in [6, 6.07) is 8.34. The third kappa shape index (κ3) is 5.18. The standard InChI is InChI=1S/C21H29N5O/c1-4-16(3)24-20-14-22-19(13-23-20)21(27)25-17-5-7-18(8-6-17)26-11-9-15(2)10-12-26/h5-8,13-16H,4,9-12H2,1-3H3,(H,23,24)(H,25,27). The summed E-state index contributed by atoms with van der Waals surface area (Å²) in [5, 5.41) is 6.12. The second kappa shape index (κ2) is 8.84. The molecule has 1 aromatic carbocycles. The molecule has 1 aromatic heterocycles. The van der Waals surface area contributed by atoms with Crippen molar-refractivity contribution in [1.82, 2.24) is 9.97 Å². The Labute approximate surface area is 161 Å². The van der Waals surface area contributed by atoms with Crippen molar-refractivity contribution < 1.29 is 4.79 Å². The van der Waals surface area contributed by atoms with E-state index in [-0.39, 0.29) is 5.91 Å². The molecule has 0 spiro atoms. The molecular weight excluding hydrogens is 338 g/mol. The van der Waals surface area contributed by atoms with E-state index in [4.69, 9.17) is 0 Å². The smallest absolute Gasteiger partial charge is 0.275 e. The number of carbonyl (C=O) groups excluding carboxylic acids is 1. The van der Waals surface area contributed by atoms with E-state index in [1.165, 1.54) is 24.7 Å². The van der Waals surface area contributed by atoms with Crippen LogP contribution in [-0.2, 0) is 0 Å². The summed E-state index contributed by atoms with van der Waals surface area (Å²) in [4.78, 5) is 23.3. The summed E-state index contributed by atoms with van der Waals surface area (Å²) in [7, 11) is 0. The Kier molecular flexibility index (Phi) is 6.27. The highest BCUT2D eigenvalue weighted by atomic mass is 16.1. The lowest BCUT2D eigenvalue weighted by atomic mass is 9.99. The number of benzene rings is 1. The average Bonchev–Trinajstić information content (AvgIpc) is 2.69. The number of piperidine rings is 1. The molecule has 1 aliphatic rings. The first-order valence-electron chi connectivity index (χ1n) is 9.80. The molecule has 1 amide bonds. The zero-order chi connectivity index (χ0) is 19.2. The van der Waals surface area contributed by atoms with Crippen molar-refractivity contribution in [2.75, 3.05) is 28.6 Å². The summed E-state index contributed by atoms with van der Waals surface area (Å²) in [5.41, 5.74) is 2.27. The number of hydrogen-bond acceptors (Lipinski definition) is 5. The number of anilines is 3. The van der Waals surface area contributed by atoms with Gasteiger partial charge in [-0.2, -0.15) is 0 Å². The molecule has 6 nitrogen and oxygen atoms in total. The topological polar surface area (TPSA) is 70.2 Å². The first-order chi connectivity index (χ1) is 13.0. The summed E-state index contributed by atoms with van der Waals surface area (Å²) in [6.45, 7) is 8.69. The summed E-state index contributed by atoms with van der Waals surface area (Å²) < 4.78 is 0. The molecule has 2 N–H and O–H groups in total. The average molecular weight is 367 g/mol. The number of carbonyl (C=O) groups is 1. The van der Waals surface area contributed by atoms with Gasteiger partial charge in [-0.1, -0.05) is 13.8 Å². The Hall–Kier alpha value is -2.63. The van der Waals surface area contributed by atoms with Crippen LogP contribution in [0.15, 0.2) is 36.7 Å². The highest BCUT2D eigenvalue weighted by Gasteiger charge is 2.16. The highest BCUT2D eigenvalue weighted by molar-refractivity contribution is 6.02. The van der Waals surface area contributed by atoms with Crippen LogP contribution in [0.25, 0.3) is 0 Å². The van der Waals surface area contributed by atoms with Gasteiger partial charge in [-0.25, -0.2) is 9.97 Å². The Balaban J connectivity index is 1.57.